The van der Waals surface area contributed by atoms with Crippen LogP contribution < -0.4 is 10.9 Å². The zero-order chi connectivity index (χ0) is 18.0. The number of benzene rings is 1. The molecule has 0 aliphatic heterocycles. The number of thioether (sulfide) groups is 1. The summed E-state index contributed by atoms with van der Waals surface area (Å²) in [5, 5.41) is 16.2. The third kappa shape index (κ3) is 3.54. The van der Waals surface area contributed by atoms with Crippen molar-refractivity contribution < 1.29 is 9.72 Å². The fourth-order valence-corrected chi connectivity index (χ4v) is 3.74. The van der Waals surface area contributed by atoms with Crippen LogP contribution in [0, 0.1) is 10.1 Å². The minimum absolute atomic E-state index is 0.0246. The fraction of sp³-hybridized carbons (Fsp3) is 0.133. The average Bonchev–Trinajstić information content (AvgIpc) is 3.05. The van der Waals surface area contributed by atoms with Crippen molar-refractivity contribution in [2.45, 2.75) is 5.16 Å². The Bertz CT molecular complexity index is 1030. The van der Waals surface area contributed by atoms with Gasteiger partial charge in [0.2, 0.25) is 5.91 Å². The predicted octanol–water partition coefficient (Wildman–Crippen LogP) is 2.63. The van der Waals surface area contributed by atoms with Crippen molar-refractivity contribution in [1.82, 2.24) is 9.55 Å². The highest BCUT2D eigenvalue weighted by Gasteiger charge is 2.16. The Morgan fingerprint density at radius 3 is 2.92 bits per heavy atom. The first-order valence-corrected chi connectivity index (χ1v) is 8.94. The summed E-state index contributed by atoms with van der Waals surface area (Å²) in [5.74, 6) is -0.441. The Morgan fingerprint density at radius 2 is 2.16 bits per heavy atom. The van der Waals surface area contributed by atoms with Crippen molar-refractivity contribution in [2.75, 3.05) is 11.1 Å². The summed E-state index contributed by atoms with van der Waals surface area (Å²) in [6.45, 7) is 0. The quantitative estimate of drug-likeness (QED) is 0.317. The lowest BCUT2D eigenvalue weighted by Gasteiger charge is -2.08. The molecule has 1 N–H and O–H groups in total. The second-order valence-electron chi connectivity index (χ2n) is 5.01. The van der Waals surface area contributed by atoms with Crippen LogP contribution in [0.2, 0.25) is 0 Å². The number of aromatic nitrogens is 2. The number of para-hydroxylation sites is 2. The van der Waals surface area contributed by atoms with Gasteiger partial charge in [0.05, 0.1) is 16.1 Å². The van der Waals surface area contributed by atoms with Gasteiger partial charge in [-0.2, -0.15) is 0 Å². The highest BCUT2D eigenvalue weighted by atomic mass is 32.2. The van der Waals surface area contributed by atoms with E-state index in [9.17, 15) is 19.7 Å². The van der Waals surface area contributed by atoms with Crippen LogP contribution in [0.3, 0.4) is 0 Å². The molecule has 0 radical (unpaired) electrons. The van der Waals surface area contributed by atoms with Gasteiger partial charge >= 0.3 is 0 Å². The van der Waals surface area contributed by atoms with Gasteiger partial charge in [-0.15, -0.1) is 11.3 Å². The molecule has 3 rings (SSSR count). The van der Waals surface area contributed by atoms with Crippen LogP contribution in [0.5, 0.6) is 0 Å². The van der Waals surface area contributed by atoms with Crippen molar-refractivity contribution in [1.29, 1.82) is 0 Å². The average molecular weight is 376 g/mol. The summed E-state index contributed by atoms with van der Waals surface area (Å²) in [4.78, 5) is 39.7. The Morgan fingerprint density at radius 1 is 1.40 bits per heavy atom. The number of anilines is 1. The van der Waals surface area contributed by atoms with Gasteiger partial charge in [0.1, 0.15) is 10.5 Å². The van der Waals surface area contributed by atoms with Gasteiger partial charge in [0.25, 0.3) is 11.2 Å². The molecule has 0 atom stereocenters. The largest absolute Gasteiger partial charge is 0.320 e. The Kier molecular flexibility index (Phi) is 4.81. The topological polar surface area (TPSA) is 107 Å². The molecule has 0 unspecified atom stereocenters. The molecule has 0 saturated heterocycles. The number of hydrogen-bond acceptors (Lipinski definition) is 7. The van der Waals surface area contributed by atoms with E-state index in [0.717, 1.165) is 11.8 Å². The fourth-order valence-electron chi connectivity index (χ4n) is 2.16. The maximum atomic E-state index is 12.2. The van der Waals surface area contributed by atoms with Gasteiger partial charge in [-0.3, -0.25) is 24.3 Å². The molecule has 128 valence electrons. The molecular formula is C15H12N4O4S2. The minimum atomic E-state index is -0.557. The van der Waals surface area contributed by atoms with E-state index in [1.165, 1.54) is 34.1 Å². The first-order chi connectivity index (χ1) is 12.0. The molecule has 25 heavy (non-hydrogen) atoms. The monoisotopic (exact) mass is 376 g/mol. The van der Waals surface area contributed by atoms with E-state index in [-0.39, 0.29) is 22.7 Å². The predicted molar refractivity (Wildman–Crippen MR) is 97.3 cm³/mol. The van der Waals surface area contributed by atoms with Crippen LogP contribution in [0.25, 0.3) is 10.2 Å². The van der Waals surface area contributed by atoms with Crippen LogP contribution in [0.1, 0.15) is 0 Å². The summed E-state index contributed by atoms with van der Waals surface area (Å²) in [7, 11) is 1.59. The van der Waals surface area contributed by atoms with Crippen molar-refractivity contribution in [2.24, 2.45) is 7.05 Å². The molecule has 0 bridgehead atoms. The number of nitro benzene ring substituents is 1. The number of carbonyl (C=O) groups excluding carboxylic acids is 1. The van der Waals surface area contributed by atoms with E-state index in [4.69, 9.17) is 0 Å². The molecule has 2 heterocycles. The number of thiophene rings is 1. The summed E-state index contributed by atoms with van der Waals surface area (Å²) in [5.41, 5.74) is -0.215. The van der Waals surface area contributed by atoms with Crippen molar-refractivity contribution >= 4 is 50.6 Å². The van der Waals surface area contributed by atoms with Gasteiger partial charge in [-0.25, -0.2) is 4.98 Å². The molecular weight excluding hydrogens is 364 g/mol. The highest BCUT2D eigenvalue weighted by molar-refractivity contribution is 7.99. The van der Waals surface area contributed by atoms with Crippen LogP contribution in [-0.2, 0) is 11.8 Å². The van der Waals surface area contributed by atoms with Crippen LogP contribution in [0.15, 0.2) is 45.7 Å². The first-order valence-electron chi connectivity index (χ1n) is 7.07. The zero-order valence-corrected chi connectivity index (χ0v) is 14.6. The van der Waals surface area contributed by atoms with E-state index in [0.29, 0.717) is 15.4 Å². The number of fused-ring (bicyclic) bond motifs is 1. The summed E-state index contributed by atoms with van der Waals surface area (Å²) >= 11 is 2.45. The molecule has 8 nitrogen and oxygen atoms in total. The molecule has 1 amide bonds. The number of rotatable bonds is 5. The van der Waals surface area contributed by atoms with Crippen LogP contribution in [0.4, 0.5) is 11.4 Å². The van der Waals surface area contributed by atoms with E-state index in [1.807, 2.05) is 0 Å². The van der Waals surface area contributed by atoms with Gasteiger partial charge in [-0.1, -0.05) is 23.9 Å². The van der Waals surface area contributed by atoms with Crippen molar-refractivity contribution in [3.8, 4) is 0 Å². The molecule has 3 aromatic rings. The summed E-state index contributed by atoms with van der Waals surface area (Å²) < 4.78 is 1.39. The molecule has 0 aliphatic rings. The summed E-state index contributed by atoms with van der Waals surface area (Å²) in [6.07, 6.45) is 0. The molecule has 0 saturated carbocycles. The SMILES string of the molecule is Cn1c(SCC(=O)Nc2ccccc2[N+](=O)[O-])nc2sccc2c1=O. The molecule has 0 aliphatic carbocycles. The number of carbonyl (C=O) groups is 1. The van der Waals surface area contributed by atoms with E-state index in [1.54, 1.807) is 24.6 Å². The van der Waals surface area contributed by atoms with Gasteiger partial charge in [-0.05, 0) is 17.5 Å². The van der Waals surface area contributed by atoms with Crippen molar-refractivity contribution in [3.05, 3.63) is 56.2 Å². The lowest BCUT2D eigenvalue weighted by molar-refractivity contribution is -0.383. The van der Waals surface area contributed by atoms with E-state index >= 15 is 0 Å². The normalized spacial score (nSPS) is 10.8. The van der Waals surface area contributed by atoms with Gasteiger partial charge in [0, 0.05) is 13.1 Å². The van der Waals surface area contributed by atoms with Crippen LogP contribution >= 0.6 is 23.1 Å². The van der Waals surface area contributed by atoms with Crippen molar-refractivity contribution in [3.63, 3.8) is 0 Å². The summed E-state index contributed by atoms with van der Waals surface area (Å²) in [6, 6.07) is 7.63. The zero-order valence-electron chi connectivity index (χ0n) is 13.0. The standard InChI is InChI=1S/C15H12N4O4S2/c1-18-14(21)9-6-7-24-13(9)17-15(18)25-8-12(20)16-10-4-2-3-5-11(10)19(22)23/h2-7H,8H2,1H3,(H,16,20). The van der Waals surface area contributed by atoms with E-state index in [2.05, 4.69) is 10.3 Å². The third-order valence-corrected chi connectivity index (χ3v) is 5.21. The number of nitrogens with zero attached hydrogens (tertiary/aromatic N) is 3. The maximum absolute atomic E-state index is 12.2. The molecule has 0 spiro atoms. The molecule has 2 aromatic heterocycles. The minimum Gasteiger partial charge on any atom is -0.320 e. The number of amides is 1. The van der Waals surface area contributed by atoms with Gasteiger partial charge in [0.15, 0.2) is 5.16 Å². The molecule has 0 fully saturated rings. The number of hydrogen-bond donors (Lipinski definition) is 1. The second kappa shape index (κ2) is 7.03. The Balaban J connectivity index is 1.74. The molecule has 1 aromatic carbocycles. The first kappa shape index (κ1) is 17.1. The molecule has 10 heteroatoms. The number of nitro groups is 1. The smallest absolute Gasteiger partial charge is 0.292 e. The highest BCUT2D eigenvalue weighted by Crippen LogP contribution is 2.24. The van der Waals surface area contributed by atoms with Gasteiger partial charge < -0.3 is 5.32 Å². The maximum Gasteiger partial charge on any atom is 0.292 e. The second-order valence-corrected chi connectivity index (χ2v) is 6.85. The number of nitrogens with one attached hydrogen (secondary N) is 1. The lowest BCUT2D eigenvalue weighted by atomic mass is 10.2. The third-order valence-electron chi connectivity index (χ3n) is 3.37. The van der Waals surface area contributed by atoms with E-state index < -0.39 is 10.8 Å². The Labute approximate surface area is 149 Å². The van der Waals surface area contributed by atoms with Crippen LogP contribution in [-0.4, -0.2) is 26.1 Å². The lowest BCUT2D eigenvalue weighted by Crippen LogP contribution is -2.21. The Hall–Kier alpha value is -2.72.